The minimum atomic E-state index is -5.00. The second-order valence-electron chi connectivity index (χ2n) is 6.22. The maximum Gasteiger partial charge on any atom is 0.422 e. The largest absolute Gasteiger partial charge is 0.422 e. The van der Waals surface area contributed by atoms with Crippen LogP contribution in [0.15, 0.2) is 24.3 Å². The summed E-state index contributed by atoms with van der Waals surface area (Å²) in [6.07, 6.45) is 4.68. The van der Waals surface area contributed by atoms with Gasteiger partial charge in [-0.15, -0.1) is 0 Å². The lowest BCUT2D eigenvalue weighted by Gasteiger charge is -2.29. The minimum absolute atomic E-state index is 0.0562. The van der Waals surface area contributed by atoms with Crippen LogP contribution in [0.2, 0.25) is 0 Å². The van der Waals surface area contributed by atoms with Crippen LogP contribution in [0.25, 0.3) is 0 Å². The van der Waals surface area contributed by atoms with Crippen LogP contribution in [0.1, 0.15) is 62.5 Å². The highest BCUT2D eigenvalue weighted by Gasteiger charge is 2.38. The Hall–Kier alpha value is -1.39. The minimum Gasteiger partial charge on any atom is -0.206 e. The van der Waals surface area contributed by atoms with Crippen LogP contribution >= 0.6 is 0 Å². The van der Waals surface area contributed by atoms with E-state index in [1.54, 1.807) is 0 Å². The number of halogens is 5. The average Bonchev–Trinajstić information content (AvgIpc) is 2.46. The molecule has 0 aliphatic heterocycles. The zero-order chi connectivity index (χ0) is 17.0. The molecule has 0 saturated heterocycles. The molecule has 23 heavy (non-hydrogen) atoms. The molecule has 0 spiro atoms. The van der Waals surface area contributed by atoms with Crippen molar-refractivity contribution in [3.8, 4) is 0 Å². The van der Waals surface area contributed by atoms with Gasteiger partial charge in [0.15, 0.2) is 0 Å². The van der Waals surface area contributed by atoms with Crippen LogP contribution in [0.3, 0.4) is 0 Å². The molecule has 0 nitrogen and oxygen atoms in total. The predicted octanol–water partition coefficient (Wildman–Crippen LogP) is 6.61. The molecule has 1 aliphatic carbocycles. The summed E-state index contributed by atoms with van der Waals surface area (Å²) in [7, 11) is 0. The summed E-state index contributed by atoms with van der Waals surface area (Å²) in [5, 5.41) is 0. The molecule has 0 bridgehead atoms. The van der Waals surface area contributed by atoms with Gasteiger partial charge in [0.1, 0.15) is 17.2 Å². The van der Waals surface area contributed by atoms with Crippen LogP contribution in [0.5, 0.6) is 0 Å². The highest BCUT2D eigenvalue weighted by Crippen LogP contribution is 2.40. The lowest BCUT2D eigenvalue weighted by Crippen LogP contribution is -2.16. The summed E-state index contributed by atoms with van der Waals surface area (Å²) < 4.78 is 65.1. The van der Waals surface area contributed by atoms with Crippen molar-refractivity contribution in [1.29, 1.82) is 0 Å². The van der Waals surface area contributed by atoms with Gasteiger partial charge in [-0.25, -0.2) is 8.78 Å². The molecule has 5 heteroatoms. The topological polar surface area (TPSA) is 0 Å². The van der Waals surface area contributed by atoms with Crippen molar-refractivity contribution >= 4 is 0 Å². The SMILES string of the molecule is C/C=C/CC[C@H]1CC[C@H](c2cc(F)c(C(F)(F)F)c(F)c2)CC1. The number of hydrogen-bond donors (Lipinski definition) is 0. The Labute approximate surface area is 133 Å². The zero-order valence-corrected chi connectivity index (χ0v) is 13.1. The first-order valence-corrected chi connectivity index (χ1v) is 8.00. The Morgan fingerprint density at radius 3 is 2.09 bits per heavy atom. The van der Waals surface area contributed by atoms with Gasteiger partial charge in [-0.05, 0) is 75.0 Å². The Kier molecular flexibility index (Phi) is 5.82. The monoisotopic (exact) mass is 332 g/mol. The molecule has 128 valence electrons. The van der Waals surface area contributed by atoms with Crippen LogP contribution in [0, 0.1) is 17.6 Å². The molecular formula is C18H21F5. The summed E-state index contributed by atoms with van der Waals surface area (Å²) in [5.41, 5.74) is -1.44. The molecule has 0 N–H and O–H groups in total. The summed E-state index contributed by atoms with van der Waals surface area (Å²) in [5.74, 6) is -2.49. The van der Waals surface area contributed by atoms with Crippen molar-refractivity contribution in [2.24, 2.45) is 5.92 Å². The number of benzene rings is 1. The van der Waals surface area contributed by atoms with Gasteiger partial charge in [0.05, 0.1) is 0 Å². The van der Waals surface area contributed by atoms with Crippen molar-refractivity contribution in [2.45, 2.75) is 57.5 Å². The van der Waals surface area contributed by atoms with Gasteiger partial charge >= 0.3 is 6.18 Å². The van der Waals surface area contributed by atoms with Crippen molar-refractivity contribution < 1.29 is 22.0 Å². The molecular weight excluding hydrogens is 311 g/mol. The number of allylic oxidation sites excluding steroid dienone is 2. The summed E-state index contributed by atoms with van der Waals surface area (Å²) in [6.45, 7) is 1.98. The first-order chi connectivity index (χ1) is 10.8. The van der Waals surface area contributed by atoms with Gasteiger partial charge in [-0.3, -0.25) is 0 Å². The lowest BCUT2D eigenvalue weighted by atomic mass is 9.77. The standard InChI is InChI=1S/C18H21F5/c1-2-3-4-5-12-6-8-13(9-7-12)14-10-15(19)17(16(20)11-14)18(21,22)23/h2-3,10-13H,4-9H2,1H3/b3-2+/t12-,13-. The van der Waals surface area contributed by atoms with Gasteiger partial charge in [-0.1, -0.05) is 12.2 Å². The third kappa shape index (κ3) is 4.55. The molecule has 1 aromatic rings. The molecule has 0 amide bonds. The van der Waals surface area contributed by atoms with Crippen LogP contribution in [-0.2, 0) is 6.18 Å². The lowest BCUT2D eigenvalue weighted by molar-refractivity contribution is -0.142. The van der Waals surface area contributed by atoms with E-state index >= 15 is 0 Å². The molecule has 0 unspecified atom stereocenters. The summed E-state index contributed by atoms with van der Waals surface area (Å²) in [6, 6.07) is 1.72. The molecule has 1 aromatic carbocycles. The van der Waals surface area contributed by atoms with Crippen molar-refractivity contribution in [3.63, 3.8) is 0 Å². The fraction of sp³-hybridized carbons (Fsp3) is 0.556. The van der Waals surface area contributed by atoms with E-state index < -0.39 is 23.4 Å². The first-order valence-electron chi connectivity index (χ1n) is 8.00. The number of hydrogen-bond acceptors (Lipinski definition) is 0. The van der Waals surface area contributed by atoms with Gasteiger partial charge in [0.2, 0.25) is 0 Å². The number of alkyl halides is 3. The molecule has 1 aliphatic rings. The summed E-state index contributed by atoms with van der Waals surface area (Å²) in [4.78, 5) is 0. The van der Waals surface area contributed by atoms with Gasteiger partial charge in [0.25, 0.3) is 0 Å². The maximum absolute atomic E-state index is 13.7. The van der Waals surface area contributed by atoms with E-state index in [-0.39, 0.29) is 5.92 Å². The predicted molar refractivity (Wildman–Crippen MR) is 80.1 cm³/mol. The van der Waals surface area contributed by atoms with Crippen LogP contribution < -0.4 is 0 Å². The van der Waals surface area contributed by atoms with E-state index in [9.17, 15) is 22.0 Å². The van der Waals surface area contributed by atoms with Crippen molar-refractivity contribution in [1.82, 2.24) is 0 Å². The van der Waals surface area contributed by atoms with E-state index in [4.69, 9.17) is 0 Å². The molecule has 0 heterocycles. The number of rotatable bonds is 4. The second-order valence-corrected chi connectivity index (χ2v) is 6.22. The summed E-state index contributed by atoms with van der Waals surface area (Å²) >= 11 is 0. The molecule has 0 aromatic heterocycles. The van der Waals surface area contributed by atoms with Gasteiger partial charge in [-0.2, -0.15) is 13.2 Å². The fourth-order valence-electron chi connectivity index (χ4n) is 3.38. The fourth-order valence-corrected chi connectivity index (χ4v) is 3.38. The van der Waals surface area contributed by atoms with E-state index in [0.29, 0.717) is 11.5 Å². The first kappa shape index (κ1) is 18.0. The molecule has 1 saturated carbocycles. The third-order valence-electron chi connectivity index (χ3n) is 4.64. The van der Waals surface area contributed by atoms with Crippen molar-refractivity contribution in [3.05, 3.63) is 47.0 Å². The Balaban J connectivity index is 2.04. The maximum atomic E-state index is 13.7. The molecule has 2 rings (SSSR count). The highest BCUT2D eigenvalue weighted by molar-refractivity contribution is 5.30. The second kappa shape index (κ2) is 7.45. The third-order valence-corrected chi connectivity index (χ3v) is 4.64. The van der Waals surface area contributed by atoms with E-state index in [0.717, 1.165) is 50.7 Å². The van der Waals surface area contributed by atoms with Gasteiger partial charge < -0.3 is 0 Å². The van der Waals surface area contributed by atoms with E-state index in [1.165, 1.54) is 0 Å². The highest BCUT2D eigenvalue weighted by atomic mass is 19.4. The Morgan fingerprint density at radius 1 is 1.04 bits per heavy atom. The zero-order valence-electron chi connectivity index (χ0n) is 13.1. The van der Waals surface area contributed by atoms with Crippen molar-refractivity contribution in [2.75, 3.05) is 0 Å². The van der Waals surface area contributed by atoms with Gasteiger partial charge in [0, 0.05) is 0 Å². The normalized spacial score (nSPS) is 22.7. The Bertz CT molecular complexity index is 528. The van der Waals surface area contributed by atoms with E-state index in [2.05, 4.69) is 6.08 Å². The Morgan fingerprint density at radius 2 is 1.61 bits per heavy atom. The van der Waals surface area contributed by atoms with Crippen LogP contribution in [0.4, 0.5) is 22.0 Å². The molecule has 0 radical (unpaired) electrons. The average molecular weight is 332 g/mol. The smallest absolute Gasteiger partial charge is 0.206 e. The quantitative estimate of drug-likeness (QED) is 0.430. The molecule has 1 fully saturated rings. The molecule has 0 atom stereocenters. The van der Waals surface area contributed by atoms with Crippen LogP contribution in [-0.4, -0.2) is 0 Å². The van der Waals surface area contributed by atoms with E-state index in [1.807, 2.05) is 13.0 Å².